The summed E-state index contributed by atoms with van der Waals surface area (Å²) in [5.74, 6) is -0.681. The van der Waals surface area contributed by atoms with Gasteiger partial charge in [0.05, 0.1) is 13.3 Å². The van der Waals surface area contributed by atoms with Gasteiger partial charge in [0.2, 0.25) is 5.66 Å². The smallest absolute Gasteiger partial charge is 0.409 e. The Hall–Kier alpha value is -3.19. The summed E-state index contributed by atoms with van der Waals surface area (Å²) in [6.07, 6.45) is 2.00. The van der Waals surface area contributed by atoms with Gasteiger partial charge in [0, 0.05) is 13.1 Å². The summed E-state index contributed by atoms with van der Waals surface area (Å²) in [5.41, 5.74) is -0.147. The molecule has 7 heteroatoms. The minimum atomic E-state index is -1.65. The van der Waals surface area contributed by atoms with Crippen LogP contribution < -0.4 is 10.6 Å². The summed E-state index contributed by atoms with van der Waals surface area (Å²) in [5, 5.41) is 5.74. The molecule has 0 aliphatic heterocycles. The summed E-state index contributed by atoms with van der Waals surface area (Å²) in [4.78, 5) is 29.8. The number of alkyl carbamates (subject to hydrolysis) is 1. The largest absolute Gasteiger partial charge is 0.466 e. The van der Waals surface area contributed by atoms with Crippen molar-refractivity contribution in [3.05, 3.63) is 71.8 Å². The highest BCUT2D eigenvalue weighted by Gasteiger charge is 2.40. The molecule has 0 aromatic heterocycles. The van der Waals surface area contributed by atoms with Crippen LogP contribution in [0.25, 0.3) is 0 Å². The Balaban J connectivity index is 2.17. The number of ether oxygens (including phenoxy) is 2. The molecule has 32 heavy (non-hydrogen) atoms. The predicted octanol–water partition coefficient (Wildman–Crippen LogP) is 3.53. The molecule has 1 unspecified atom stereocenters. The zero-order valence-corrected chi connectivity index (χ0v) is 19.3. The topological polar surface area (TPSA) is 89.0 Å². The molecule has 2 aromatic carbocycles. The SMILES string of the molecule is COC(=O)C(C=NCCc1ccccc1)(NCCc1ccccc1)NC(=O)OC(C)(C)C. The van der Waals surface area contributed by atoms with Crippen molar-refractivity contribution in [2.45, 2.75) is 44.9 Å². The number of carbonyl (C=O) groups excluding carboxylic acids is 2. The average Bonchev–Trinajstić information content (AvgIpc) is 2.76. The van der Waals surface area contributed by atoms with Crippen molar-refractivity contribution in [1.29, 1.82) is 0 Å². The maximum absolute atomic E-state index is 12.8. The van der Waals surface area contributed by atoms with E-state index in [1.807, 2.05) is 60.7 Å². The zero-order valence-electron chi connectivity index (χ0n) is 19.3. The Labute approximate surface area is 190 Å². The fraction of sp³-hybridized carbons (Fsp3) is 0.400. The highest BCUT2D eigenvalue weighted by atomic mass is 16.6. The maximum Gasteiger partial charge on any atom is 0.409 e. The fourth-order valence-corrected chi connectivity index (χ4v) is 3.01. The molecule has 0 saturated carbocycles. The molecule has 2 N–H and O–H groups in total. The average molecular weight is 440 g/mol. The molecule has 0 fully saturated rings. The third-order valence-corrected chi connectivity index (χ3v) is 4.52. The Morgan fingerprint density at radius 3 is 2.03 bits per heavy atom. The molecule has 2 aromatic rings. The van der Waals surface area contributed by atoms with Crippen LogP contribution >= 0.6 is 0 Å². The number of carbonyl (C=O) groups is 2. The number of amides is 1. The third-order valence-electron chi connectivity index (χ3n) is 4.52. The normalized spacial score (nSPS) is 13.4. The van der Waals surface area contributed by atoms with Crippen LogP contribution in [-0.4, -0.2) is 49.7 Å². The van der Waals surface area contributed by atoms with Crippen LogP contribution in [0.1, 0.15) is 31.9 Å². The molecule has 0 heterocycles. The van der Waals surface area contributed by atoms with Gasteiger partial charge in [0.25, 0.3) is 0 Å². The quantitative estimate of drug-likeness (QED) is 0.336. The molecule has 7 nitrogen and oxygen atoms in total. The standard InChI is InChI=1S/C25H33N3O4/c1-24(2,3)32-23(30)28-25(22(29)31-4,27-18-16-21-13-9-6-10-14-21)19-26-17-15-20-11-7-5-8-12-20/h5-14,19,27H,15-18H2,1-4H3,(H,28,30). The van der Waals surface area contributed by atoms with E-state index < -0.39 is 23.3 Å². The lowest BCUT2D eigenvalue weighted by Crippen LogP contribution is -2.66. The lowest BCUT2D eigenvalue weighted by molar-refractivity contribution is -0.146. The Bertz CT molecular complexity index is 879. The van der Waals surface area contributed by atoms with E-state index in [0.717, 1.165) is 11.1 Å². The van der Waals surface area contributed by atoms with Crippen LogP contribution in [0.15, 0.2) is 65.7 Å². The van der Waals surface area contributed by atoms with Gasteiger partial charge >= 0.3 is 12.1 Å². The van der Waals surface area contributed by atoms with E-state index in [4.69, 9.17) is 9.47 Å². The molecule has 0 aliphatic rings. The number of nitrogens with zero attached hydrogens (tertiary/aromatic N) is 1. The maximum atomic E-state index is 12.8. The second kappa shape index (κ2) is 12.0. The first-order chi connectivity index (χ1) is 15.2. The number of hydrogen-bond acceptors (Lipinski definition) is 6. The summed E-state index contributed by atoms with van der Waals surface area (Å²) in [6.45, 7) is 6.11. The summed E-state index contributed by atoms with van der Waals surface area (Å²) >= 11 is 0. The second-order valence-electron chi connectivity index (χ2n) is 8.36. The van der Waals surface area contributed by atoms with E-state index in [1.54, 1.807) is 20.8 Å². The van der Waals surface area contributed by atoms with Crippen LogP contribution in [0, 0.1) is 0 Å². The van der Waals surface area contributed by atoms with Gasteiger partial charge in [-0.1, -0.05) is 60.7 Å². The minimum Gasteiger partial charge on any atom is -0.466 e. The molecule has 172 valence electrons. The van der Waals surface area contributed by atoms with Gasteiger partial charge in [-0.25, -0.2) is 9.59 Å². The van der Waals surface area contributed by atoms with Crippen LogP contribution in [0.3, 0.4) is 0 Å². The van der Waals surface area contributed by atoms with Crippen molar-refractivity contribution < 1.29 is 19.1 Å². The number of benzene rings is 2. The number of nitrogens with one attached hydrogen (secondary N) is 2. The van der Waals surface area contributed by atoms with Crippen LogP contribution in [0.4, 0.5) is 4.79 Å². The Kier molecular flexibility index (Phi) is 9.40. The summed E-state index contributed by atoms with van der Waals surface area (Å²) < 4.78 is 10.4. The van der Waals surface area contributed by atoms with Gasteiger partial charge in [-0.05, 0) is 44.7 Å². The van der Waals surface area contributed by atoms with E-state index in [9.17, 15) is 9.59 Å². The van der Waals surface area contributed by atoms with Gasteiger partial charge < -0.3 is 9.47 Å². The fourth-order valence-electron chi connectivity index (χ4n) is 3.01. The molecule has 2 rings (SSSR count). The molecule has 0 radical (unpaired) electrons. The molecule has 0 spiro atoms. The molecule has 0 aliphatic carbocycles. The van der Waals surface area contributed by atoms with Gasteiger partial charge in [-0.15, -0.1) is 0 Å². The lowest BCUT2D eigenvalue weighted by atomic mass is 10.1. The zero-order chi connectivity index (χ0) is 23.5. The highest BCUT2D eigenvalue weighted by molar-refractivity contribution is 6.02. The lowest BCUT2D eigenvalue weighted by Gasteiger charge is -2.31. The van der Waals surface area contributed by atoms with E-state index in [1.165, 1.54) is 13.3 Å². The van der Waals surface area contributed by atoms with Gasteiger partial charge in [0.1, 0.15) is 5.60 Å². The predicted molar refractivity (Wildman–Crippen MR) is 126 cm³/mol. The van der Waals surface area contributed by atoms with E-state index in [0.29, 0.717) is 25.9 Å². The first kappa shape index (κ1) is 25.1. The van der Waals surface area contributed by atoms with Crippen molar-refractivity contribution in [3.63, 3.8) is 0 Å². The number of esters is 1. The van der Waals surface area contributed by atoms with Crippen molar-refractivity contribution in [2.75, 3.05) is 20.2 Å². The van der Waals surface area contributed by atoms with Gasteiger partial charge in [-0.3, -0.25) is 15.6 Å². The third kappa shape index (κ3) is 8.51. The van der Waals surface area contributed by atoms with Crippen LogP contribution in [0.5, 0.6) is 0 Å². The van der Waals surface area contributed by atoms with Crippen molar-refractivity contribution in [3.8, 4) is 0 Å². The van der Waals surface area contributed by atoms with Crippen LogP contribution in [-0.2, 0) is 27.1 Å². The van der Waals surface area contributed by atoms with E-state index >= 15 is 0 Å². The molecule has 1 amide bonds. The summed E-state index contributed by atoms with van der Waals surface area (Å²) in [6, 6.07) is 19.8. The Morgan fingerprint density at radius 2 is 1.50 bits per heavy atom. The Morgan fingerprint density at radius 1 is 0.938 bits per heavy atom. The molecule has 1 atom stereocenters. The first-order valence-electron chi connectivity index (χ1n) is 10.7. The number of hydrogen-bond donors (Lipinski definition) is 2. The second-order valence-corrected chi connectivity index (χ2v) is 8.36. The summed E-state index contributed by atoms with van der Waals surface area (Å²) in [7, 11) is 1.27. The van der Waals surface area contributed by atoms with Crippen molar-refractivity contribution >= 4 is 18.3 Å². The van der Waals surface area contributed by atoms with Crippen molar-refractivity contribution in [1.82, 2.24) is 10.6 Å². The van der Waals surface area contributed by atoms with E-state index in [-0.39, 0.29) is 0 Å². The van der Waals surface area contributed by atoms with Gasteiger partial charge in [0.15, 0.2) is 0 Å². The molecule has 0 saturated heterocycles. The molecular formula is C25H33N3O4. The van der Waals surface area contributed by atoms with Crippen LogP contribution in [0.2, 0.25) is 0 Å². The monoisotopic (exact) mass is 439 g/mol. The molecule has 0 bridgehead atoms. The number of aliphatic imine (C=N–C) groups is 1. The van der Waals surface area contributed by atoms with Gasteiger partial charge in [-0.2, -0.15) is 0 Å². The van der Waals surface area contributed by atoms with E-state index in [2.05, 4.69) is 15.6 Å². The highest BCUT2D eigenvalue weighted by Crippen LogP contribution is 2.10. The van der Waals surface area contributed by atoms with Crippen molar-refractivity contribution in [2.24, 2.45) is 4.99 Å². The number of rotatable bonds is 10. The molecular weight excluding hydrogens is 406 g/mol. The minimum absolute atomic E-state index is 0.402. The first-order valence-corrected chi connectivity index (χ1v) is 10.7. The number of methoxy groups -OCH3 is 1.